The van der Waals surface area contributed by atoms with Crippen LogP contribution in [-0.2, 0) is 0 Å². The van der Waals surface area contributed by atoms with E-state index in [9.17, 15) is 4.79 Å². The first-order chi connectivity index (χ1) is 9.58. The van der Waals surface area contributed by atoms with E-state index in [0.717, 1.165) is 0 Å². The minimum atomic E-state index is -0.423. The summed E-state index contributed by atoms with van der Waals surface area (Å²) in [6.45, 7) is 1.75. The molecule has 1 amide bonds. The quantitative estimate of drug-likeness (QED) is 0.696. The van der Waals surface area contributed by atoms with Crippen molar-refractivity contribution in [3.63, 3.8) is 0 Å². The minimum Gasteiger partial charge on any atom is -0.267 e. The standard InChI is InChI=1S/C14H11Cl2N3O/c1-9(13-4-2-3-7-17-13)18-19-14(20)11-8-10(15)5-6-12(11)16/h2-8H,1H3,(H,19,20)/b18-9-. The SMILES string of the molecule is C/C(=N/NC(=O)c1cc(Cl)ccc1Cl)c1ccccn1. The Hall–Kier alpha value is -1.91. The third-order valence-corrected chi connectivity index (χ3v) is 3.10. The van der Waals surface area contributed by atoms with Crippen molar-refractivity contribution in [3.05, 3.63) is 63.9 Å². The summed E-state index contributed by atoms with van der Waals surface area (Å²) in [6, 6.07) is 10.1. The van der Waals surface area contributed by atoms with Gasteiger partial charge in [-0.15, -0.1) is 0 Å². The highest BCUT2D eigenvalue weighted by atomic mass is 35.5. The van der Waals surface area contributed by atoms with Crippen molar-refractivity contribution in [2.75, 3.05) is 0 Å². The monoisotopic (exact) mass is 307 g/mol. The van der Waals surface area contributed by atoms with Gasteiger partial charge in [-0.2, -0.15) is 5.10 Å². The van der Waals surface area contributed by atoms with Crippen molar-refractivity contribution in [1.29, 1.82) is 0 Å². The smallest absolute Gasteiger partial charge is 0.267 e. The fraction of sp³-hybridized carbons (Fsp3) is 0.0714. The zero-order valence-corrected chi connectivity index (χ0v) is 12.1. The molecule has 0 saturated heterocycles. The Labute approximate surface area is 126 Å². The first-order valence-electron chi connectivity index (χ1n) is 5.79. The Morgan fingerprint density at radius 1 is 1.25 bits per heavy atom. The molecule has 0 aliphatic heterocycles. The van der Waals surface area contributed by atoms with E-state index in [4.69, 9.17) is 23.2 Å². The van der Waals surface area contributed by atoms with E-state index in [1.54, 1.807) is 37.4 Å². The van der Waals surface area contributed by atoms with Crippen LogP contribution in [0.5, 0.6) is 0 Å². The molecule has 2 aromatic rings. The summed E-state index contributed by atoms with van der Waals surface area (Å²) in [5, 5.41) is 4.75. The largest absolute Gasteiger partial charge is 0.272 e. The summed E-state index contributed by atoms with van der Waals surface area (Å²) in [7, 11) is 0. The van der Waals surface area contributed by atoms with Crippen molar-refractivity contribution in [1.82, 2.24) is 10.4 Å². The second-order valence-electron chi connectivity index (χ2n) is 3.98. The minimum absolute atomic E-state index is 0.275. The van der Waals surface area contributed by atoms with Crippen molar-refractivity contribution >= 4 is 34.8 Å². The van der Waals surface area contributed by atoms with Crippen LogP contribution >= 0.6 is 23.2 Å². The molecule has 1 N–H and O–H groups in total. The topological polar surface area (TPSA) is 54.4 Å². The number of hydrogen-bond acceptors (Lipinski definition) is 3. The lowest BCUT2D eigenvalue weighted by molar-refractivity contribution is 0.0955. The van der Waals surface area contributed by atoms with E-state index in [2.05, 4.69) is 15.5 Å². The van der Waals surface area contributed by atoms with Crippen molar-refractivity contribution in [2.45, 2.75) is 6.92 Å². The lowest BCUT2D eigenvalue weighted by Crippen LogP contribution is -2.20. The van der Waals surface area contributed by atoms with Crippen molar-refractivity contribution < 1.29 is 4.79 Å². The fourth-order valence-electron chi connectivity index (χ4n) is 1.50. The summed E-state index contributed by atoms with van der Waals surface area (Å²) in [4.78, 5) is 16.1. The molecule has 4 nitrogen and oxygen atoms in total. The maximum atomic E-state index is 12.0. The van der Waals surface area contributed by atoms with Gasteiger partial charge in [-0.3, -0.25) is 9.78 Å². The molecule has 1 heterocycles. The predicted octanol–water partition coefficient (Wildman–Crippen LogP) is 3.54. The molecule has 0 aliphatic carbocycles. The molecule has 0 fully saturated rings. The number of hydrogen-bond donors (Lipinski definition) is 1. The van der Waals surface area contributed by atoms with Gasteiger partial charge < -0.3 is 0 Å². The molecule has 0 unspecified atom stereocenters. The molecule has 2 rings (SSSR count). The molecule has 0 aliphatic rings. The van der Waals surface area contributed by atoms with E-state index in [0.29, 0.717) is 21.5 Å². The molecule has 1 aromatic heterocycles. The summed E-state index contributed by atoms with van der Waals surface area (Å²) in [5.74, 6) is -0.423. The average Bonchev–Trinajstić information content (AvgIpc) is 2.47. The number of benzene rings is 1. The Balaban J connectivity index is 2.14. The summed E-state index contributed by atoms with van der Waals surface area (Å²) in [5.41, 5.74) is 3.99. The average molecular weight is 308 g/mol. The lowest BCUT2D eigenvalue weighted by Gasteiger charge is -2.04. The summed E-state index contributed by atoms with van der Waals surface area (Å²) in [6.07, 6.45) is 1.66. The van der Waals surface area contributed by atoms with Crippen LogP contribution in [0.4, 0.5) is 0 Å². The number of pyridine rings is 1. The van der Waals surface area contributed by atoms with Crippen LogP contribution in [0.15, 0.2) is 47.7 Å². The third-order valence-electron chi connectivity index (χ3n) is 2.53. The zero-order chi connectivity index (χ0) is 14.5. The highest BCUT2D eigenvalue weighted by molar-refractivity contribution is 6.35. The van der Waals surface area contributed by atoms with Crippen molar-refractivity contribution in [3.8, 4) is 0 Å². The first-order valence-corrected chi connectivity index (χ1v) is 6.54. The molecule has 0 spiro atoms. The van der Waals surface area contributed by atoms with E-state index in [-0.39, 0.29) is 5.56 Å². The van der Waals surface area contributed by atoms with Crippen LogP contribution < -0.4 is 5.43 Å². The van der Waals surface area contributed by atoms with Gasteiger partial charge in [0, 0.05) is 11.2 Å². The molecule has 0 saturated carbocycles. The second-order valence-corrected chi connectivity index (χ2v) is 4.82. The van der Waals surface area contributed by atoms with Gasteiger partial charge in [0.25, 0.3) is 5.91 Å². The fourth-order valence-corrected chi connectivity index (χ4v) is 1.88. The lowest BCUT2D eigenvalue weighted by atomic mass is 10.2. The molecular weight excluding hydrogens is 297 g/mol. The van der Waals surface area contributed by atoms with Gasteiger partial charge in [0.1, 0.15) is 0 Å². The number of aromatic nitrogens is 1. The van der Waals surface area contributed by atoms with Gasteiger partial charge in [0.05, 0.1) is 22.0 Å². The molecule has 0 atom stereocenters. The molecule has 0 bridgehead atoms. The van der Waals surface area contributed by atoms with E-state index in [1.807, 2.05) is 6.07 Å². The molecule has 102 valence electrons. The van der Waals surface area contributed by atoms with E-state index >= 15 is 0 Å². The third kappa shape index (κ3) is 3.56. The predicted molar refractivity (Wildman–Crippen MR) is 80.4 cm³/mol. The summed E-state index contributed by atoms with van der Waals surface area (Å²) >= 11 is 11.8. The number of amides is 1. The Bertz CT molecular complexity index is 657. The number of carbonyl (C=O) groups excluding carboxylic acids is 1. The maximum absolute atomic E-state index is 12.0. The second kappa shape index (κ2) is 6.50. The highest BCUT2D eigenvalue weighted by Crippen LogP contribution is 2.20. The van der Waals surface area contributed by atoms with Crippen molar-refractivity contribution in [2.24, 2.45) is 5.10 Å². The van der Waals surface area contributed by atoms with Crippen LogP contribution in [0, 0.1) is 0 Å². The highest BCUT2D eigenvalue weighted by Gasteiger charge is 2.10. The van der Waals surface area contributed by atoms with Crippen LogP contribution in [0.1, 0.15) is 23.0 Å². The number of nitrogens with one attached hydrogen (secondary N) is 1. The van der Waals surface area contributed by atoms with Crippen LogP contribution in [0.2, 0.25) is 10.0 Å². The van der Waals surface area contributed by atoms with Crippen LogP contribution in [0.3, 0.4) is 0 Å². The number of rotatable bonds is 3. The van der Waals surface area contributed by atoms with Gasteiger partial charge in [0.2, 0.25) is 0 Å². The van der Waals surface area contributed by atoms with Gasteiger partial charge in [-0.05, 0) is 37.3 Å². The van der Waals surface area contributed by atoms with Gasteiger partial charge in [-0.1, -0.05) is 29.3 Å². The Kier molecular flexibility index (Phi) is 4.71. The van der Waals surface area contributed by atoms with Gasteiger partial charge in [-0.25, -0.2) is 5.43 Å². The number of carbonyl (C=O) groups is 1. The first kappa shape index (κ1) is 14.5. The van der Waals surface area contributed by atoms with Crippen LogP contribution in [-0.4, -0.2) is 16.6 Å². The Morgan fingerprint density at radius 2 is 2.05 bits per heavy atom. The Morgan fingerprint density at radius 3 is 2.75 bits per heavy atom. The molecule has 6 heteroatoms. The number of halogens is 2. The summed E-state index contributed by atoms with van der Waals surface area (Å²) < 4.78 is 0. The van der Waals surface area contributed by atoms with E-state index in [1.165, 1.54) is 6.07 Å². The van der Waals surface area contributed by atoms with Gasteiger partial charge >= 0.3 is 0 Å². The molecule has 1 aromatic carbocycles. The molecule has 20 heavy (non-hydrogen) atoms. The van der Waals surface area contributed by atoms with Gasteiger partial charge in [0.15, 0.2) is 0 Å². The number of nitrogens with zero attached hydrogens (tertiary/aromatic N) is 2. The van der Waals surface area contributed by atoms with Crippen LogP contribution in [0.25, 0.3) is 0 Å². The normalized spacial score (nSPS) is 11.2. The zero-order valence-electron chi connectivity index (χ0n) is 10.6. The maximum Gasteiger partial charge on any atom is 0.272 e. The molecule has 0 radical (unpaired) electrons. The number of hydrazone groups is 1. The molecular formula is C14H11Cl2N3O. The van der Waals surface area contributed by atoms with E-state index < -0.39 is 5.91 Å².